The Hall–Kier alpha value is -0.210. The Kier molecular flexibility index (Phi) is 5.58. The molecule has 0 radical (unpaired) electrons. The number of rotatable bonds is 5. The molecule has 0 amide bonds. The van der Waals surface area contributed by atoms with Gasteiger partial charge in [-0.3, -0.25) is 0 Å². The van der Waals surface area contributed by atoms with Crippen LogP contribution < -0.4 is 10.5 Å². The fourth-order valence-corrected chi connectivity index (χ4v) is 4.11. The first-order valence-electron chi connectivity index (χ1n) is 7.14. The average molecular weight is 291 g/mol. The highest BCUT2D eigenvalue weighted by molar-refractivity contribution is 7.87. The second kappa shape index (κ2) is 6.99. The van der Waals surface area contributed by atoms with Crippen molar-refractivity contribution in [2.24, 2.45) is 17.6 Å². The molecule has 2 aliphatic rings. The van der Waals surface area contributed by atoms with E-state index in [1.165, 1.54) is 0 Å². The van der Waals surface area contributed by atoms with Crippen LogP contribution in [0.2, 0.25) is 0 Å². The molecule has 2 heterocycles. The summed E-state index contributed by atoms with van der Waals surface area (Å²) in [5, 5.41) is 0. The summed E-state index contributed by atoms with van der Waals surface area (Å²) < 4.78 is 34.0. The summed E-state index contributed by atoms with van der Waals surface area (Å²) in [5.74, 6) is 0.701. The lowest BCUT2D eigenvalue weighted by atomic mass is 10.0. The van der Waals surface area contributed by atoms with E-state index in [1.54, 1.807) is 4.31 Å². The van der Waals surface area contributed by atoms with Crippen molar-refractivity contribution in [3.63, 3.8) is 0 Å². The standard InChI is InChI=1S/C12H25N3O3S/c13-8-12-2-1-5-15(10-12)19(16,17)14-9-11-3-6-18-7-4-11/h11-12,14H,1-10,13H2. The third-order valence-electron chi connectivity index (χ3n) is 4.05. The van der Waals surface area contributed by atoms with E-state index in [4.69, 9.17) is 10.5 Å². The van der Waals surface area contributed by atoms with Crippen molar-refractivity contribution in [3.8, 4) is 0 Å². The SMILES string of the molecule is NCC1CCCN(S(=O)(=O)NCC2CCOCC2)C1. The largest absolute Gasteiger partial charge is 0.381 e. The van der Waals surface area contributed by atoms with E-state index in [-0.39, 0.29) is 0 Å². The summed E-state index contributed by atoms with van der Waals surface area (Å²) in [6, 6.07) is 0. The first-order chi connectivity index (χ1) is 9.12. The maximum atomic E-state index is 12.2. The van der Waals surface area contributed by atoms with Crippen molar-refractivity contribution in [1.29, 1.82) is 0 Å². The zero-order valence-electron chi connectivity index (χ0n) is 11.4. The van der Waals surface area contributed by atoms with Crippen LogP contribution in [0.25, 0.3) is 0 Å². The number of nitrogens with two attached hydrogens (primary N) is 1. The average Bonchev–Trinajstić information content (AvgIpc) is 2.46. The minimum Gasteiger partial charge on any atom is -0.381 e. The summed E-state index contributed by atoms with van der Waals surface area (Å²) in [5.41, 5.74) is 5.64. The van der Waals surface area contributed by atoms with Gasteiger partial charge in [0.2, 0.25) is 0 Å². The molecule has 2 fully saturated rings. The zero-order valence-corrected chi connectivity index (χ0v) is 12.2. The zero-order chi connectivity index (χ0) is 13.7. The van der Waals surface area contributed by atoms with Gasteiger partial charge in [0, 0.05) is 32.8 Å². The van der Waals surface area contributed by atoms with Crippen LogP contribution in [0, 0.1) is 11.8 Å². The van der Waals surface area contributed by atoms with Crippen LogP contribution in [0.1, 0.15) is 25.7 Å². The second-order valence-electron chi connectivity index (χ2n) is 5.51. The lowest BCUT2D eigenvalue weighted by Crippen LogP contribution is -2.48. The van der Waals surface area contributed by atoms with Crippen molar-refractivity contribution >= 4 is 10.2 Å². The van der Waals surface area contributed by atoms with Gasteiger partial charge in [-0.2, -0.15) is 12.7 Å². The molecule has 0 saturated carbocycles. The van der Waals surface area contributed by atoms with E-state index < -0.39 is 10.2 Å². The van der Waals surface area contributed by atoms with Crippen LogP contribution in [-0.4, -0.2) is 52.1 Å². The van der Waals surface area contributed by atoms with Crippen LogP contribution in [0.15, 0.2) is 0 Å². The van der Waals surface area contributed by atoms with E-state index >= 15 is 0 Å². The molecule has 7 heteroatoms. The van der Waals surface area contributed by atoms with Gasteiger partial charge in [-0.25, -0.2) is 4.72 Å². The van der Waals surface area contributed by atoms with E-state index in [0.717, 1.165) is 38.9 Å². The monoisotopic (exact) mass is 291 g/mol. The number of nitrogens with one attached hydrogen (secondary N) is 1. The number of hydrogen-bond acceptors (Lipinski definition) is 4. The Morgan fingerprint density at radius 3 is 2.63 bits per heavy atom. The molecule has 0 aromatic carbocycles. The molecule has 1 atom stereocenters. The first kappa shape index (κ1) is 15.2. The van der Waals surface area contributed by atoms with Gasteiger partial charge in [0.1, 0.15) is 0 Å². The van der Waals surface area contributed by atoms with Gasteiger partial charge in [0.05, 0.1) is 0 Å². The van der Waals surface area contributed by atoms with E-state index in [9.17, 15) is 8.42 Å². The highest BCUT2D eigenvalue weighted by Crippen LogP contribution is 2.18. The molecule has 19 heavy (non-hydrogen) atoms. The quantitative estimate of drug-likeness (QED) is 0.742. The molecular formula is C12H25N3O3S. The smallest absolute Gasteiger partial charge is 0.279 e. The number of hydrogen-bond donors (Lipinski definition) is 2. The van der Waals surface area contributed by atoms with E-state index in [2.05, 4.69) is 4.72 Å². The molecule has 0 bridgehead atoms. The Morgan fingerprint density at radius 2 is 1.95 bits per heavy atom. The molecule has 2 rings (SSSR count). The molecule has 0 aromatic heterocycles. The van der Waals surface area contributed by atoms with Gasteiger partial charge in [-0.1, -0.05) is 0 Å². The predicted molar refractivity (Wildman–Crippen MR) is 73.8 cm³/mol. The van der Waals surface area contributed by atoms with E-state index in [0.29, 0.717) is 38.0 Å². The molecular weight excluding hydrogens is 266 g/mol. The highest BCUT2D eigenvalue weighted by atomic mass is 32.2. The summed E-state index contributed by atoms with van der Waals surface area (Å²) in [6.07, 6.45) is 3.81. The second-order valence-corrected chi connectivity index (χ2v) is 7.27. The van der Waals surface area contributed by atoms with Crippen molar-refractivity contribution in [2.45, 2.75) is 25.7 Å². The van der Waals surface area contributed by atoms with Gasteiger partial charge in [0.15, 0.2) is 0 Å². The normalized spacial score (nSPS) is 27.5. The van der Waals surface area contributed by atoms with Gasteiger partial charge in [0.25, 0.3) is 10.2 Å². The van der Waals surface area contributed by atoms with Crippen LogP contribution in [0.5, 0.6) is 0 Å². The van der Waals surface area contributed by atoms with Crippen molar-refractivity contribution in [2.75, 3.05) is 39.4 Å². The molecule has 0 spiro atoms. The molecule has 6 nitrogen and oxygen atoms in total. The molecule has 0 aliphatic carbocycles. The lowest BCUT2D eigenvalue weighted by molar-refractivity contribution is 0.0676. The summed E-state index contributed by atoms with van der Waals surface area (Å²) in [6.45, 7) is 3.73. The minimum absolute atomic E-state index is 0.299. The first-order valence-corrected chi connectivity index (χ1v) is 8.58. The Balaban J connectivity index is 1.83. The maximum absolute atomic E-state index is 12.2. The number of nitrogens with zero attached hydrogens (tertiary/aromatic N) is 1. The Bertz CT molecular complexity index is 368. The van der Waals surface area contributed by atoms with Gasteiger partial charge < -0.3 is 10.5 Å². The fraction of sp³-hybridized carbons (Fsp3) is 1.00. The van der Waals surface area contributed by atoms with Gasteiger partial charge in [-0.15, -0.1) is 0 Å². The van der Waals surface area contributed by atoms with Crippen LogP contribution in [0.4, 0.5) is 0 Å². The van der Waals surface area contributed by atoms with Crippen LogP contribution >= 0.6 is 0 Å². The minimum atomic E-state index is -3.34. The van der Waals surface area contributed by atoms with Crippen molar-refractivity contribution in [1.82, 2.24) is 9.03 Å². The predicted octanol–water partition coefficient (Wildman–Crippen LogP) is -0.0819. The molecule has 3 N–H and O–H groups in total. The summed E-state index contributed by atoms with van der Waals surface area (Å²) in [4.78, 5) is 0. The Morgan fingerprint density at radius 1 is 1.21 bits per heavy atom. The molecule has 1 unspecified atom stereocenters. The van der Waals surface area contributed by atoms with Crippen molar-refractivity contribution < 1.29 is 13.2 Å². The lowest BCUT2D eigenvalue weighted by Gasteiger charge is -2.32. The van der Waals surface area contributed by atoms with Gasteiger partial charge >= 0.3 is 0 Å². The van der Waals surface area contributed by atoms with E-state index in [1.807, 2.05) is 0 Å². The topological polar surface area (TPSA) is 84.7 Å². The van der Waals surface area contributed by atoms with Crippen LogP contribution in [-0.2, 0) is 14.9 Å². The molecule has 0 aromatic rings. The van der Waals surface area contributed by atoms with Crippen molar-refractivity contribution in [3.05, 3.63) is 0 Å². The molecule has 112 valence electrons. The molecule has 2 aliphatic heterocycles. The number of ether oxygens (including phenoxy) is 1. The van der Waals surface area contributed by atoms with Gasteiger partial charge in [-0.05, 0) is 44.1 Å². The molecule has 2 saturated heterocycles. The summed E-state index contributed by atoms with van der Waals surface area (Å²) >= 11 is 0. The third-order valence-corrected chi connectivity index (χ3v) is 5.59. The third kappa shape index (κ3) is 4.39. The Labute approximate surface area is 115 Å². The fourth-order valence-electron chi connectivity index (χ4n) is 2.70. The number of piperidine rings is 1. The van der Waals surface area contributed by atoms with Crippen LogP contribution in [0.3, 0.4) is 0 Å². The highest BCUT2D eigenvalue weighted by Gasteiger charge is 2.28. The maximum Gasteiger partial charge on any atom is 0.279 e. The summed E-state index contributed by atoms with van der Waals surface area (Å²) in [7, 11) is -3.34.